The zero-order valence-corrected chi connectivity index (χ0v) is 9.51. The Morgan fingerprint density at radius 3 is 2.71 bits per heavy atom. The van der Waals surface area contributed by atoms with Crippen molar-refractivity contribution in [2.75, 3.05) is 20.2 Å². The highest BCUT2D eigenvalue weighted by molar-refractivity contribution is 7.91. The van der Waals surface area contributed by atoms with Crippen LogP contribution in [-0.4, -0.2) is 38.5 Å². The van der Waals surface area contributed by atoms with Crippen molar-refractivity contribution >= 4 is 10.0 Å². The van der Waals surface area contributed by atoms with E-state index >= 15 is 0 Å². The molecule has 0 saturated carbocycles. The second-order valence-corrected chi connectivity index (χ2v) is 5.86. The molecule has 0 aliphatic carbocycles. The van der Waals surface area contributed by atoms with E-state index in [4.69, 9.17) is 4.74 Å². The summed E-state index contributed by atoms with van der Waals surface area (Å²) in [4.78, 5) is 0. The molecular weight excluding hydrogens is 202 g/mol. The van der Waals surface area contributed by atoms with Gasteiger partial charge >= 0.3 is 0 Å². The van der Waals surface area contributed by atoms with Crippen LogP contribution in [0.1, 0.15) is 19.8 Å². The summed E-state index contributed by atoms with van der Waals surface area (Å²) in [6, 6.07) is 0. The Balaban J connectivity index is 2.64. The summed E-state index contributed by atoms with van der Waals surface area (Å²) in [7, 11) is -1.76. The number of nitrogens with zero attached hydrogens (tertiary/aromatic N) is 1. The second kappa shape index (κ2) is 4.00. The van der Waals surface area contributed by atoms with E-state index in [-0.39, 0.29) is 5.60 Å². The van der Waals surface area contributed by atoms with Gasteiger partial charge in [-0.05, 0) is 19.8 Å². The van der Waals surface area contributed by atoms with Gasteiger partial charge in [0.25, 0.3) is 0 Å². The molecule has 1 aliphatic rings. The van der Waals surface area contributed by atoms with Crippen molar-refractivity contribution in [2.24, 2.45) is 0 Å². The third-order valence-corrected chi connectivity index (χ3v) is 3.92. The van der Waals surface area contributed by atoms with Gasteiger partial charge < -0.3 is 4.74 Å². The molecule has 0 aromatic carbocycles. The van der Waals surface area contributed by atoms with E-state index in [9.17, 15) is 8.42 Å². The molecule has 1 aliphatic heterocycles. The molecule has 0 N–H and O–H groups in total. The first-order valence-electron chi connectivity index (χ1n) is 4.62. The topological polar surface area (TPSA) is 46.6 Å². The predicted octanol–water partition coefficient (Wildman–Crippen LogP) is 0.961. The van der Waals surface area contributed by atoms with Crippen molar-refractivity contribution in [3.8, 4) is 0 Å². The standard InChI is InChI=1S/C9H17NO3S/c1-4-14(11,12)10(3)8-9(2)6-5-7-13-9/h4H,1,5-8H2,2-3H3. The van der Waals surface area contributed by atoms with Crippen LogP contribution in [0.25, 0.3) is 0 Å². The summed E-state index contributed by atoms with van der Waals surface area (Å²) in [5, 5.41) is 0.964. The number of likely N-dealkylation sites (N-methyl/N-ethyl adjacent to an activating group) is 1. The van der Waals surface area contributed by atoms with Gasteiger partial charge in [-0.25, -0.2) is 8.42 Å². The van der Waals surface area contributed by atoms with Crippen LogP contribution < -0.4 is 0 Å². The molecule has 14 heavy (non-hydrogen) atoms. The normalized spacial score (nSPS) is 28.2. The molecule has 0 aromatic heterocycles. The van der Waals surface area contributed by atoms with Crippen LogP contribution in [0, 0.1) is 0 Å². The summed E-state index contributed by atoms with van der Waals surface area (Å²) in [6.45, 7) is 6.33. The van der Waals surface area contributed by atoms with Gasteiger partial charge in [0.05, 0.1) is 5.60 Å². The largest absolute Gasteiger partial charge is 0.374 e. The van der Waals surface area contributed by atoms with Gasteiger partial charge in [-0.15, -0.1) is 0 Å². The smallest absolute Gasteiger partial charge is 0.235 e. The first kappa shape index (κ1) is 11.7. The first-order valence-corrected chi connectivity index (χ1v) is 6.13. The van der Waals surface area contributed by atoms with Crippen LogP contribution in [0.3, 0.4) is 0 Å². The lowest BCUT2D eigenvalue weighted by Crippen LogP contribution is -2.40. The Morgan fingerprint density at radius 2 is 2.29 bits per heavy atom. The lowest BCUT2D eigenvalue weighted by Gasteiger charge is -2.27. The predicted molar refractivity (Wildman–Crippen MR) is 55.3 cm³/mol. The van der Waals surface area contributed by atoms with E-state index < -0.39 is 10.0 Å². The van der Waals surface area contributed by atoms with Crippen molar-refractivity contribution < 1.29 is 13.2 Å². The van der Waals surface area contributed by atoms with E-state index in [1.165, 1.54) is 4.31 Å². The zero-order valence-electron chi connectivity index (χ0n) is 8.69. The molecule has 0 amide bonds. The van der Waals surface area contributed by atoms with Crippen LogP contribution >= 0.6 is 0 Å². The summed E-state index contributed by atoms with van der Waals surface area (Å²) >= 11 is 0. The molecule has 82 valence electrons. The zero-order chi connectivity index (χ0) is 10.8. The van der Waals surface area contributed by atoms with E-state index in [0.717, 1.165) is 24.9 Å². The Bertz CT molecular complexity index is 304. The highest BCUT2D eigenvalue weighted by atomic mass is 32.2. The highest BCUT2D eigenvalue weighted by Gasteiger charge is 2.33. The second-order valence-electron chi connectivity index (χ2n) is 3.87. The molecule has 1 unspecified atom stereocenters. The summed E-state index contributed by atoms with van der Waals surface area (Å²) in [5.41, 5.74) is -0.329. The lowest BCUT2D eigenvalue weighted by atomic mass is 10.0. The molecule has 1 saturated heterocycles. The highest BCUT2D eigenvalue weighted by Crippen LogP contribution is 2.26. The summed E-state index contributed by atoms with van der Waals surface area (Å²) < 4.78 is 29.6. The Kier molecular flexibility index (Phi) is 3.34. The maximum absolute atomic E-state index is 11.4. The minimum atomic E-state index is -3.31. The SMILES string of the molecule is C=CS(=O)(=O)N(C)CC1(C)CCCO1. The van der Waals surface area contributed by atoms with Gasteiger partial charge in [-0.3, -0.25) is 0 Å². The number of sulfonamides is 1. The van der Waals surface area contributed by atoms with Crippen molar-refractivity contribution in [3.63, 3.8) is 0 Å². The van der Waals surface area contributed by atoms with E-state index in [0.29, 0.717) is 6.54 Å². The van der Waals surface area contributed by atoms with Crippen molar-refractivity contribution in [1.29, 1.82) is 0 Å². The Hall–Kier alpha value is -0.390. The molecule has 1 atom stereocenters. The number of hydrogen-bond donors (Lipinski definition) is 0. The van der Waals surface area contributed by atoms with Gasteiger partial charge in [0.2, 0.25) is 10.0 Å². The maximum Gasteiger partial charge on any atom is 0.235 e. The van der Waals surface area contributed by atoms with Crippen LogP contribution in [0.5, 0.6) is 0 Å². The van der Waals surface area contributed by atoms with Crippen LogP contribution in [0.15, 0.2) is 12.0 Å². The number of rotatable bonds is 4. The molecule has 1 rings (SSSR count). The third-order valence-electron chi connectivity index (χ3n) is 2.50. The summed E-state index contributed by atoms with van der Waals surface area (Å²) in [6.07, 6.45) is 1.91. The van der Waals surface area contributed by atoms with Crippen molar-refractivity contribution in [1.82, 2.24) is 4.31 Å². The Labute approximate surface area is 85.6 Å². The van der Waals surface area contributed by atoms with Gasteiger partial charge in [-0.1, -0.05) is 6.58 Å². The monoisotopic (exact) mass is 219 g/mol. The van der Waals surface area contributed by atoms with Crippen molar-refractivity contribution in [2.45, 2.75) is 25.4 Å². The average Bonchev–Trinajstić information content (AvgIpc) is 2.52. The maximum atomic E-state index is 11.4. The van der Waals surface area contributed by atoms with Crippen LogP contribution in [0.2, 0.25) is 0 Å². The molecular formula is C9H17NO3S. The molecule has 1 fully saturated rings. The van der Waals surface area contributed by atoms with E-state index in [1.54, 1.807) is 7.05 Å². The van der Waals surface area contributed by atoms with E-state index in [1.807, 2.05) is 6.92 Å². The minimum absolute atomic E-state index is 0.329. The fraction of sp³-hybridized carbons (Fsp3) is 0.778. The van der Waals surface area contributed by atoms with Gasteiger partial charge in [0.1, 0.15) is 0 Å². The van der Waals surface area contributed by atoms with Crippen molar-refractivity contribution in [3.05, 3.63) is 12.0 Å². The lowest BCUT2D eigenvalue weighted by molar-refractivity contribution is 0.00983. The molecule has 1 heterocycles. The molecule has 4 nitrogen and oxygen atoms in total. The molecule has 5 heteroatoms. The van der Waals surface area contributed by atoms with Crippen LogP contribution in [0.4, 0.5) is 0 Å². The van der Waals surface area contributed by atoms with Gasteiger partial charge in [-0.2, -0.15) is 4.31 Å². The molecule has 0 bridgehead atoms. The van der Waals surface area contributed by atoms with E-state index in [2.05, 4.69) is 6.58 Å². The third kappa shape index (κ3) is 2.56. The number of ether oxygens (including phenoxy) is 1. The van der Waals surface area contributed by atoms with Gasteiger partial charge in [0.15, 0.2) is 0 Å². The summed E-state index contributed by atoms with van der Waals surface area (Å²) in [5.74, 6) is 0. The van der Waals surface area contributed by atoms with Gasteiger partial charge in [0, 0.05) is 25.6 Å². The average molecular weight is 219 g/mol. The van der Waals surface area contributed by atoms with Crippen LogP contribution in [-0.2, 0) is 14.8 Å². The quantitative estimate of drug-likeness (QED) is 0.707. The minimum Gasteiger partial charge on any atom is -0.374 e. The molecule has 0 radical (unpaired) electrons. The molecule has 0 aromatic rings. The fourth-order valence-corrected chi connectivity index (χ4v) is 2.36. The Morgan fingerprint density at radius 1 is 1.64 bits per heavy atom. The first-order chi connectivity index (χ1) is 6.40. The fourth-order valence-electron chi connectivity index (χ4n) is 1.65. The molecule has 0 spiro atoms. The number of hydrogen-bond acceptors (Lipinski definition) is 3.